The first-order valence-electron chi connectivity index (χ1n) is 5.25. The number of thiophene rings is 1. The molecule has 1 atom stereocenters. The fourth-order valence-corrected chi connectivity index (χ4v) is 2.18. The average molecular weight is 277 g/mol. The lowest BCUT2D eigenvalue weighted by Crippen LogP contribution is -2.37. The van der Waals surface area contributed by atoms with Crippen molar-refractivity contribution in [2.45, 2.75) is 32.4 Å². The summed E-state index contributed by atoms with van der Waals surface area (Å²) in [6, 6.07) is 1.52. The predicted octanol–water partition coefficient (Wildman–Crippen LogP) is 2.93. The van der Waals surface area contributed by atoms with Crippen molar-refractivity contribution in [3.05, 3.63) is 21.3 Å². The minimum atomic E-state index is -0.518. The molecule has 0 radical (unpaired) electrons. The van der Waals surface area contributed by atoms with E-state index in [1.165, 1.54) is 11.3 Å². The molecule has 17 heavy (non-hydrogen) atoms. The molecule has 0 saturated carbocycles. The second-order valence-electron chi connectivity index (χ2n) is 4.62. The summed E-state index contributed by atoms with van der Waals surface area (Å²) >= 11 is 7.24. The van der Waals surface area contributed by atoms with E-state index in [-0.39, 0.29) is 6.04 Å². The maximum Gasteiger partial charge on any atom is 0.408 e. The zero-order valence-electron chi connectivity index (χ0n) is 10.1. The summed E-state index contributed by atoms with van der Waals surface area (Å²) in [6.07, 6.45) is -0.477. The molecule has 1 unspecified atom stereocenters. The number of carbonyl (C=O) groups is 1. The Morgan fingerprint density at radius 2 is 2.29 bits per heavy atom. The minimum absolute atomic E-state index is 0.270. The van der Waals surface area contributed by atoms with E-state index >= 15 is 0 Å². The Hall–Kier alpha value is -0.780. The first-order valence-corrected chi connectivity index (χ1v) is 6.51. The normalized spacial score (nSPS) is 13.2. The minimum Gasteiger partial charge on any atom is -0.444 e. The highest BCUT2D eigenvalue weighted by Crippen LogP contribution is 2.24. The van der Waals surface area contributed by atoms with Gasteiger partial charge in [-0.05, 0) is 37.8 Å². The van der Waals surface area contributed by atoms with Gasteiger partial charge in [-0.3, -0.25) is 0 Å². The molecule has 1 rings (SSSR count). The van der Waals surface area contributed by atoms with Crippen LogP contribution in [-0.4, -0.2) is 18.2 Å². The number of halogens is 1. The number of nitrogens with two attached hydrogens (primary N) is 1. The Kier molecular flexibility index (Phi) is 4.80. The molecule has 0 bridgehead atoms. The van der Waals surface area contributed by atoms with E-state index in [1.807, 2.05) is 26.2 Å². The Morgan fingerprint density at radius 3 is 2.71 bits per heavy atom. The van der Waals surface area contributed by atoms with E-state index in [4.69, 9.17) is 22.1 Å². The van der Waals surface area contributed by atoms with E-state index < -0.39 is 11.7 Å². The van der Waals surface area contributed by atoms with Gasteiger partial charge in [0.2, 0.25) is 0 Å². The van der Waals surface area contributed by atoms with Crippen molar-refractivity contribution < 1.29 is 9.53 Å². The average Bonchev–Trinajstić information content (AvgIpc) is 2.58. The molecule has 1 aromatic rings. The maximum absolute atomic E-state index is 11.6. The molecule has 0 fully saturated rings. The van der Waals surface area contributed by atoms with Crippen LogP contribution >= 0.6 is 22.9 Å². The van der Waals surface area contributed by atoms with Crippen molar-refractivity contribution >= 4 is 29.0 Å². The van der Waals surface area contributed by atoms with Gasteiger partial charge in [0.05, 0.1) is 10.4 Å². The summed E-state index contributed by atoms with van der Waals surface area (Å²) in [5.74, 6) is 0. The zero-order chi connectivity index (χ0) is 13.1. The lowest BCUT2D eigenvalue weighted by molar-refractivity contribution is 0.0505. The molecule has 96 valence electrons. The molecule has 4 nitrogen and oxygen atoms in total. The second kappa shape index (κ2) is 5.71. The molecule has 0 aliphatic carbocycles. The van der Waals surface area contributed by atoms with Crippen molar-refractivity contribution in [1.82, 2.24) is 5.32 Å². The van der Waals surface area contributed by atoms with Gasteiger partial charge in [-0.2, -0.15) is 0 Å². The van der Waals surface area contributed by atoms with Crippen LogP contribution in [0.3, 0.4) is 0 Å². The lowest BCUT2D eigenvalue weighted by Gasteiger charge is -2.22. The monoisotopic (exact) mass is 276 g/mol. The van der Waals surface area contributed by atoms with E-state index in [0.29, 0.717) is 10.9 Å². The number of alkyl carbamates (subject to hydrolysis) is 1. The molecule has 3 N–H and O–H groups in total. The number of carbonyl (C=O) groups excluding carboxylic acids is 1. The van der Waals surface area contributed by atoms with E-state index in [0.717, 1.165) is 5.56 Å². The summed E-state index contributed by atoms with van der Waals surface area (Å²) in [5.41, 5.74) is 6.00. The number of rotatable bonds is 3. The van der Waals surface area contributed by atoms with Gasteiger partial charge in [-0.1, -0.05) is 11.6 Å². The highest BCUT2D eigenvalue weighted by atomic mass is 35.5. The molecule has 0 spiro atoms. The third kappa shape index (κ3) is 4.93. The quantitative estimate of drug-likeness (QED) is 0.892. The van der Waals surface area contributed by atoms with Gasteiger partial charge >= 0.3 is 6.09 Å². The van der Waals surface area contributed by atoms with Gasteiger partial charge in [0.25, 0.3) is 0 Å². The topological polar surface area (TPSA) is 64.3 Å². The van der Waals surface area contributed by atoms with Crippen molar-refractivity contribution in [1.29, 1.82) is 0 Å². The molecule has 0 aromatic carbocycles. The van der Waals surface area contributed by atoms with E-state index in [9.17, 15) is 4.79 Å². The number of hydrogen-bond acceptors (Lipinski definition) is 4. The number of nitrogens with one attached hydrogen (secondary N) is 1. The number of amides is 1. The summed E-state index contributed by atoms with van der Waals surface area (Å²) in [6.45, 7) is 5.73. The van der Waals surface area contributed by atoms with E-state index in [1.54, 1.807) is 6.07 Å². The summed E-state index contributed by atoms with van der Waals surface area (Å²) in [5, 5.41) is 4.59. The van der Waals surface area contributed by atoms with E-state index in [2.05, 4.69) is 5.32 Å². The second-order valence-corrected chi connectivity index (χ2v) is 6.16. The van der Waals surface area contributed by atoms with Crippen molar-refractivity contribution in [3.63, 3.8) is 0 Å². The van der Waals surface area contributed by atoms with Gasteiger partial charge in [0, 0.05) is 6.54 Å². The van der Waals surface area contributed by atoms with Gasteiger partial charge in [-0.15, -0.1) is 11.3 Å². The Balaban J connectivity index is 2.62. The SMILES string of the molecule is CC(C)(C)OC(=O)NC(CN)c1csc(Cl)c1. The Morgan fingerprint density at radius 1 is 1.65 bits per heavy atom. The van der Waals surface area contributed by atoms with Gasteiger partial charge < -0.3 is 15.8 Å². The van der Waals surface area contributed by atoms with Gasteiger partial charge in [0.1, 0.15) is 5.60 Å². The van der Waals surface area contributed by atoms with Gasteiger partial charge in [0.15, 0.2) is 0 Å². The molecule has 1 amide bonds. The highest BCUT2D eigenvalue weighted by Gasteiger charge is 2.20. The fourth-order valence-electron chi connectivity index (χ4n) is 1.23. The molecular formula is C11H17ClN2O2S. The molecule has 0 saturated heterocycles. The van der Waals surface area contributed by atoms with Crippen LogP contribution < -0.4 is 11.1 Å². The van der Waals surface area contributed by atoms with Crippen molar-refractivity contribution in [3.8, 4) is 0 Å². The van der Waals surface area contributed by atoms with Crippen LogP contribution in [-0.2, 0) is 4.74 Å². The third-order valence-electron chi connectivity index (χ3n) is 1.92. The largest absolute Gasteiger partial charge is 0.444 e. The van der Waals surface area contributed by atoms with Crippen LogP contribution in [0.25, 0.3) is 0 Å². The smallest absolute Gasteiger partial charge is 0.408 e. The standard InChI is InChI=1S/C11H17ClN2O2S/c1-11(2,3)16-10(15)14-8(5-13)7-4-9(12)17-6-7/h4,6,8H,5,13H2,1-3H3,(H,14,15). The van der Waals surface area contributed by atoms with Crippen molar-refractivity contribution in [2.24, 2.45) is 5.73 Å². The first-order chi connectivity index (χ1) is 7.81. The molecule has 1 heterocycles. The summed E-state index contributed by atoms with van der Waals surface area (Å²) in [7, 11) is 0. The molecule has 0 aliphatic rings. The van der Waals surface area contributed by atoms with Crippen LogP contribution in [0.15, 0.2) is 11.4 Å². The highest BCUT2D eigenvalue weighted by molar-refractivity contribution is 7.14. The molecule has 1 aromatic heterocycles. The predicted molar refractivity (Wildman–Crippen MR) is 70.5 cm³/mol. The van der Waals surface area contributed by atoms with Crippen LogP contribution in [0.2, 0.25) is 4.34 Å². The molecular weight excluding hydrogens is 260 g/mol. The summed E-state index contributed by atoms with van der Waals surface area (Å²) in [4.78, 5) is 11.6. The lowest BCUT2D eigenvalue weighted by atomic mass is 10.1. The summed E-state index contributed by atoms with van der Waals surface area (Å²) < 4.78 is 5.83. The Labute approximate surface area is 110 Å². The van der Waals surface area contributed by atoms with Crippen molar-refractivity contribution in [2.75, 3.05) is 6.54 Å². The van der Waals surface area contributed by atoms with Crippen LogP contribution in [0.4, 0.5) is 4.79 Å². The molecule has 0 aliphatic heterocycles. The third-order valence-corrected chi connectivity index (χ3v) is 3.03. The first kappa shape index (κ1) is 14.3. The van der Waals surface area contributed by atoms with Crippen LogP contribution in [0.1, 0.15) is 32.4 Å². The maximum atomic E-state index is 11.6. The van der Waals surface area contributed by atoms with Crippen LogP contribution in [0.5, 0.6) is 0 Å². The van der Waals surface area contributed by atoms with Gasteiger partial charge in [-0.25, -0.2) is 4.79 Å². The fraction of sp³-hybridized carbons (Fsp3) is 0.545. The number of ether oxygens (including phenoxy) is 1. The molecule has 6 heteroatoms. The zero-order valence-corrected chi connectivity index (χ0v) is 11.7. The number of hydrogen-bond donors (Lipinski definition) is 2. The van der Waals surface area contributed by atoms with Crippen LogP contribution in [0, 0.1) is 0 Å². The Bertz CT molecular complexity index is 387.